The van der Waals surface area contributed by atoms with Crippen molar-refractivity contribution < 1.29 is 18.7 Å². The fraction of sp³-hybridized carbons (Fsp3) is 0.458. The highest BCUT2D eigenvalue weighted by Crippen LogP contribution is 2.16. The second-order valence-electron chi connectivity index (χ2n) is 7.72. The van der Waals surface area contributed by atoms with Crippen molar-refractivity contribution in [1.82, 2.24) is 14.8 Å². The molecule has 3 heterocycles. The lowest BCUT2D eigenvalue weighted by Crippen LogP contribution is -2.36. The first-order valence-corrected chi connectivity index (χ1v) is 12.1. The summed E-state index contributed by atoms with van der Waals surface area (Å²) in [5, 5.41) is 0. The largest absolute Gasteiger partial charge is 0.473 e. The van der Waals surface area contributed by atoms with Crippen LogP contribution in [0.15, 0.2) is 53.3 Å². The highest BCUT2D eigenvalue weighted by atomic mass is 32.2. The van der Waals surface area contributed by atoms with Crippen molar-refractivity contribution in [3.63, 3.8) is 0 Å². The maximum Gasteiger partial charge on any atom is 0.239 e. The van der Waals surface area contributed by atoms with Gasteiger partial charge in [0, 0.05) is 32.3 Å². The van der Waals surface area contributed by atoms with Gasteiger partial charge in [-0.05, 0) is 55.8 Å². The third kappa shape index (κ3) is 8.16. The first-order valence-electron chi connectivity index (χ1n) is 11.0. The Balaban J connectivity index is 1.39. The van der Waals surface area contributed by atoms with E-state index in [1.807, 2.05) is 24.3 Å². The van der Waals surface area contributed by atoms with Gasteiger partial charge in [-0.1, -0.05) is 12.5 Å². The molecule has 7 nitrogen and oxygen atoms in total. The normalized spacial score (nSPS) is 14.5. The highest BCUT2D eigenvalue weighted by Gasteiger charge is 2.16. The Morgan fingerprint density at radius 3 is 2.84 bits per heavy atom. The van der Waals surface area contributed by atoms with Crippen LogP contribution in [0.5, 0.6) is 5.88 Å². The molecule has 8 heteroatoms. The van der Waals surface area contributed by atoms with Crippen molar-refractivity contribution in [1.29, 1.82) is 0 Å². The lowest BCUT2D eigenvalue weighted by Gasteiger charge is -2.26. The van der Waals surface area contributed by atoms with E-state index in [9.17, 15) is 9.59 Å². The topological polar surface area (TPSA) is 75.9 Å². The molecule has 1 aliphatic heterocycles. The number of amides is 2. The smallest absolute Gasteiger partial charge is 0.239 e. The van der Waals surface area contributed by atoms with Gasteiger partial charge >= 0.3 is 0 Å². The van der Waals surface area contributed by atoms with Gasteiger partial charge in [0.2, 0.25) is 17.7 Å². The SMILES string of the molecule is CC(=O)N(C/C=C\COc1cc(CN2CCCCC2)ccn1)C(=O)CSCc1ccco1. The van der Waals surface area contributed by atoms with E-state index in [1.54, 1.807) is 24.6 Å². The number of likely N-dealkylation sites (tertiary alicyclic amines) is 1. The molecule has 2 amide bonds. The number of carbonyl (C=O) groups excluding carboxylic acids is 2. The van der Waals surface area contributed by atoms with Crippen LogP contribution < -0.4 is 4.74 Å². The maximum absolute atomic E-state index is 12.4. The summed E-state index contributed by atoms with van der Waals surface area (Å²) in [5.74, 6) is 1.72. The fourth-order valence-electron chi connectivity index (χ4n) is 3.50. The van der Waals surface area contributed by atoms with Crippen LogP contribution in [-0.4, -0.2) is 58.6 Å². The molecule has 32 heavy (non-hydrogen) atoms. The summed E-state index contributed by atoms with van der Waals surface area (Å²) in [6.07, 6.45) is 10.8. The molecule has 0 bridgehead atoms. The first-order chi connectivity index (χ1) is 15.6. The number of hydrogen-bond donors (Lipinski definition) is 0. The summed E-state index contributed by atoms with van der Waals surface area (Å²) < 4.78 is 11.0. The van der Waals surface area contributed by atoms with Gasteiger partial charge in [-0.3, -0.25) is 19.4 Å². The number of pyridine rings is 1. The third-order valence-electron chi connectivity index (χ3n) is 5.17. The molecule has 2 aromatic rings. The van der Waals surface area contributed by atoms with Crippen LogP contribution in [0, 0.1) is 0 Å². The van der Waals surface area contributed by atoms with Crippen LogP contribution in [-0.2, 0) is 21.9 Å². The summed E-state index contributed by atoms with van der Waals surface area (Å²) in [5.41, 5.74) is 1.20. The number of ether oxygens (including phenoxy) is 1. The molecule has 0 radical (unpaired) electrons. The molecule has 2 aromatic heterocycles. The number of thioether (sulfide) groups is 1. The predicted octanol–water partition coefficient (Wildman–Crippen LogP) is 3.90. The average Bonchev–Trinajstić information content (AvgIpc) is 3.30. The van der Waals surface area contributed by atoms with Crippen molar-refractivity contribution in [2.45, 2.75) is 38.5 Å². The lowest BCUT2D eigenvalue weighted by molar-refractivity contribution is -0.141. The van der Waals surface area contributed by atoms with Crippen LogP contribution in [0.3, 0.4) is 0 Å². The molecule has 0 aliphatic carbocycles. The van der Waals surface area contributed by atoms with Crippen molar-refractivity contribution in [3.8, 4) is 5.88 Å². The summed E-state index contributed by atoms with van der Waals surface area (Å²) >= 11 is 1.42. The molecule has 0 spiro atoms. The Bertz CT molecular complexity index is 879. The molecule has 0 aromatic carbocycles. The van der Waals surface area contributed by atoms with E-state index in [0.29, 0.717) is 18.2 Å². The number of piperidine rings is 1. The van der Waals surface area contributed by atoms with Crippen molar-refractivity contribution in [2.75, 3.05) is 32.0 Å². The average molecular weight is 458 g/mol. The number of furan rings is 1. The van der Waals surface area contributed by atoms with E-state index in [0.717, 1.165) is 25.4 Å². The van der Waals surface area contributed by atoms with E-state index >= 15 is 0 Å². The maximum atomic E-state index is 12.4. The second kappa shape index (κ2) is 13.1. The second-order valence-corrected chi connectivity index (χ2v) is 8.70. The Morgan fingerprint density at radius 1 is 1.25 bits per heavy atom. The standard InChI is InChI=1S/C24H31N3O4S/c1-20(28)27(24(29)19-32-18-22-8-7-15-30-22)13-5-6-14-31-23-16-21(9-10-25-23)17-26-11-3-2-4-12-26/h5-10,15-16H,2-4,11-14,17-19H2,1H3/b6-5-. The quantitative estimate of drug-likeness (QED) is 0.474. The zero-order chi connectivity index (χ0) is 22.6. The number of imide groups is 1. The molecular formula is C24H31N3O4S. The number of carbonyl (C=O) groups is 2. The fourth-order valence-corrected chi connectivity index (χ4v) is 4.30. The highest BCUT2D eigenvalue weighted by molar-refractivity contribution is 7.99. The van der Waals surface area contributed by atoms with Crippen molar-refractivity contribution in [3.05, 3.63) is 60.2 Å². The van der Waals surface area contributed by atoms with Crippen LogP contribution in [0.25, 0.3) is 0 Å². The third-order valence-corrected chi connectivity index (χ3v) is 6.11. The van der Waals surface area contributed by atoms with Crippen LogP contribution >= 0.6 is 11.8 Å². The molecule has 0 saturated carbocycles. The molecule has 0 atom stereocenters. The molecule has 3 rings (SSSR count). The van der Waals surface area contributed by atoms with Crippen LogP contribution in [0.1, 0.15) is 37.5 Å². The van der Waals surface area contributed by atoms with Gasteiger partial charge in [0.25, 0.3) is 0 Å². The minimum atomic E-state index is -0.272. The Kier molecular flexibility index (Phi) is 9.84. The van der Waals surface area contributed by atoms with E-state index in [1.165, 1.54) is 48.4 Å². The van der Waals surface area contributed by atoms with Gasteiger partial charge in [-0.25, -0.2) is 4.98 Å². The summed E-state index contributed by atoms with van der Waals surface area (Å²) in [7, 11) is 0. The van der Waals surface area contributed by atoms with E-state index in [2.05, 4.69) is 9.88 Å². The molecule has 1 fully saturated rings. The molecular weight excluding hydrogens is 426 g/mol. The monoisotopic (exact) mass is 457 g/mol. The van der Waals surface area contributed by atoms with Crippen LogP contribution in [0.4, 0.5) is 0 Å². The molecule has 0 N–H and O–H groups in total. The number of rotatable bonds is 11. The van der Waals surface area contributed by atoms with Crippen molar-refractivity contribution in [2.24, 2.45) is 0 Å². The van der Waals surface area contributed by atoms with Gasteiger partial charge in [0.1, 0.15) is 12.4 Å². The molecule has 0 unspecified atom stereocenters. The minimum Gasteiger partial charge on any atom is -0.473 e. The van der Waals surface area contributed by atoms with Gasteiger partial charge in [0.15, 0.2) is 0 Å². The Morgan fingerprint density at radius 2 is 2.09 bits per heavy atom. The molecule has 172 valence electrons. The zero-order valence-corrected chi connectivity index (χ0v) is 19.4. The summed E-state index contributed by atoms with van der Waals surface area (Å²) in [6.45, 7) is 5.16. The molecule has 1 saturated heterocycles. The van der Waals surface area contributed by atoms with E-state index in [4.69, 9.17) is 9.15 Å². The van der Waals surface area contributed by atoms with Crippen LogP contribution in [0.2, 0.25) is 0 Å². The van der Waals surface area contributed by atoms with Gasteiger partial charge in [-0.15, -0.1) is 11.8 Å². The van der Waals surface area contributed by atoms with E-state index < -0.39 is 0 Å². The van der Waals surface area contributed by atoms with Gasteiger partial charge in [0.05, 0.1) is 17.8 Å². The van der Waals surface area contributed by atoms with Crippen molar-refractivity contribution >= 4 is 23.6 Å². The first kappa shape index (κ1) is 24.1. The predicted molar refractivity (Wildman–Crippen MR) is 125 cm³/mol. The van der Waals surface area contributed by atoms with Gasteiger partial charge in [-0.2, -0.15) is 0 Å². The summed E-state index contributed by atoms with van der Waals surface area (Å²) in [6, 6.07) is 7.68. The number of nitrogens with zero attached hydrogens (tertiary/aromatic N) is 3. The Hall–Kier alpha value is -2.58. The van der Waals surface area contributed by atoms with Gasteiger partial charge < -0.3 is 9.15 Å². The Labute approximate surface area is 193 Å². The summed E-state index contributed by atoms with van der Waals surface area (Å²) in [4.78, 5) is 32.2. The lowest BCUT2D eigenvalue weighted by atomic mass is 10.1. The zero-order valence-electron chi connectivity index (χ0n) is 18.6. The number of hydrogen-bond acceptors (Lipinski definition) is 7. The molecule has 1 aliphatic rings. The minimum absolute atomic E-state index is 0.216. The number of aromatic nitrogens is 1. The van der Waals surface area contributed by atoms with E-state index in [-0.39, 0.29) is 24.1 Å².